The Morgan fingerprint density at radius 3 is 2.73 bits per heavy atom. The lowest BCUT2D eigenvalue weighted by Crippen LogP contribution is -2.58. The maximum absolute atomic E-state index is 12.4. The Morgan fingerprint density at radius 1 is 1.31 bits per heavy atom. The Bertz CT molecular complexity index is 667. The van der Waals surface area contributed by atoms with E-state index in [0.717, 1.165) is 25.7 Å². The van der Waals surface area contributed by atoms with Crippen LogP contribution in [-0.2, 0) is 9.59 Å². The predicted molar refractivity (Wildman–Crippen MR) is 98.2 cm³/mol. The molecule has 4 rings (SSSR count). The molecule has 144 valence electrons. The number of ketones is 2. The third-order valence-electron chi connectivity index (χ3n) is 8.75. The first kappa shape index (κ1) is 18.4. The Labute approximate surface area is 156 Å². The number of rotatable bonds is 2. The fraction of sp³-hybridized carbons (Fsp3) is 0.818. The van der Waals surface area contributed by atoms with Gasteiger partial charge in [-0.05, 0) is 72.7 Å². The molecule has 0 saturated heterocycles. The Morgan fingerprint density at radius 2 is 2.04 bits per heavy atom. The van der Waals surface area contributed by atoms with E-state index < -0.39 is 6.10 Å². The highest BCUT2D eigenvalue weighted by atomic mass is 16.3. The number of Topliss-reactive ketones (excluding diaryl/α,β-unsaturated/α-hetero) is 1. The van der Waals surface area contributed by atoms with Crippen molar-refractivity contribution in [1.82, 2.24) is 0 Å². The summed E-state index contributed by atoms with van der Waals surface area (Å²) in [7, 11) is 0. The number of carbonyl (C=O) groups excluding carboxylic acids is 2. The molecule has 2 N–H and O–H groups in total. The molecule has 3 saturated carbocycles. The molecule has 0 amide bonds. The second-order valence-electron chi connectivity index (χ2n) is 9.95. The fourth-order valence-electron chi connectivity index (χ4n) is 7.76. The van der Waals surface area contributed by atoms with E-state index in [9.17, 15) is 19.8 Å². The topological polar surface area (TPSA) is 74.6 Å². The monoisotopic (exact) mass is 360 g/mol. The van der Waals surface area contributed by atoms with Crippen molar-refractivity contribution in [2.45, 2.75) is 65.4 Å². The van der Waals surface area contributed by atoms with Crippen molar-refractivity contribution in [3.8, 4) is 0 Å². The van der Waals surface area contributed by atoms with Crippen molar-refractivity contribution >= 4 is 11.6 Å². The lowest BCUT2D eigenvalue weighted by Gasteiger charge is -2.61. The summed E-state index contributed by atoms with van der Waals surface area (Å²) >= 11 is 0. The largest absolute Gasteiger partial charge is 0.393 e. The smallest absolute Gasteiger partial charge is 0.161 e. The van der Waals surface area contributed by atoms with Crippen LogP contribution < -0.4 is 0 Å². The Hall–Kier alpha value is -1.00. The second kappa shape index (κ2) is 6.00. The summed E-state index contributed by atoms with van der Waals surface area (Å²) in [5.41, 5.74) is 0.941. The SMILES string of the molecule is C[C@H]1C[C@@H]2[C@H]([C@@H](O)C[C@]3(C)[C@@H](C(=O)CO)CC[C@@H]23)[C@@]2(C)CCC(=O)C=C12. The van der Waals surface area contributed by atoms with Crippen molar-refractivity contribution in [3.63, 3.8) is 0 Å². The lowest BCUT2D eigenvalue weighted by atomic mass is 9.44. The highest BCUT2D eigenvalue weighted by Crippen LogP contribution is 2.67. The number of allylic oxidation sites excluding steroid dienone is 1. The van der Waals surface area contributed by atoms with E-state index in [1.165, 1.54) is 5.57 Å². The molecule has 4 aliphatic carbocycles. The summed E-state index contributed by atoms with van der Waals surface area (Å²) in [6.45, 7) is 6.27. The minimum atomic E-state index is -0.442. The van der Waals surface area contributed by atoms with Crippen LogP contribution in [0.25, 0.3) is 0 Å². The standard InChI is InChI=1S/C22H32O4/c1-12-8-14-15-4-5-16(19(26)11-23)22(15,3)10-18(25)20(14)21(2)7-6-13(24)9-17(12)21/h9,12,14-16,18,20,23,25H,4-8,10-11H2,1-3H3/t12-,14-,15-,16+,18-,20+,21-,22-/m0/s1. The maximum atomic E-state index is 12.4. The first-order valence-corrected chi connectivity index (χ1v) is 10.3. The van der Waals surface area contributed by atoms with E-state index in [2.05, 4.69) is 20.8 Å². The van der Waals surface area contributed by atoms with Gasteiger partial charge in [0.15, 0.2) is 11.6 Å². The molecule has 0 radical (unpaired) electrons. The van der Waals surface area contributed by atoms with Gasteiger partial charge in [-0.1, -0.05) is 26.3 Å². The number of fused-ring (bicyclic) bond motifs is 5. The van der Waals surface area contributed by atoms with E-state index in [4.69, 9.17) is 0 Å². The molecule has 0 spiro atoms. The molecule has 4 nitrogen and oxygen atoms in total. The highest BCUT2D eigenvalue weighted by molar-refractivity contribution is 5.91. The number of aliphatic hydroxyl groups excluding tert-OH is 2. The van der Waals surface area contributed by atoms with Crippen molar-refractivity contribution in [2.75, 3.05) is 6.61 Å². The number of carbonyl (C=O) groups is 2. The first-order chi connectivity index (χ1) is 12.2. The van der Waals surface area contributed by atoms with Gasteiger partial charge in [-0.25, -0.2) is 0 Å². The molecule has 0 aromatic rings. The van der Waals surface area contributed by atoms with Crippen molar-refractivity contribution < 1.29 is 19.8 Å². The summed E-state index contributed by atoms with van der Waals surface area (Å²) in [6.07, 6.45) is 6.33. The number of hydrogen-bond donors (Lipinski definition) is 2. The number of hydrogen-bond acceptors (Lipinski definition) is 4. The molecule has 0 aromatic carbocycles. The molecule has 4 aliphatic rings. The van der Waals surface area contributed by atoms with Crippen molar-refractivity contribution in [1.29, 1.82) is 0 Å². The molecule has 0 heterocycles. The van der Waals surface area contributed by atoms with Crippen LogP contribution in [-0.4, -0.2) is 34.5 Å². The van der Waals surface area contributed by atoms with Gasteiger partial charge in [0, 0.05) is 12.3 Å². The molecule has 0 unspecified atom stereocenters. The summed E-state index contributed by atoms with van der Waals surface area (Å²) in [5.74, 6) is 1.40. The van der Waals surface area contributed by atoms with Crippen LogP contribution in [0.15, 0.2) is 11.6 Å². The number of aliphatic hydroxyl groups is 2. The van der Waals surface area contributed by atoms with E-state index in [-0.39, 0.29) is 40.8 Å². The molecule has 0 aliphatic heterocycles. The molecule has 8 atom stereocenters. The van der Waals surface area contributed by atoms with Gasteiger partial charge in [-0.2, -0.15) is 0 Å². The van der Waals surface area contributed by atoms with Crippen LogP contribution in [0.3, 0.4) is 0 Å². The average Bonchev–Trinajstić information content (AvgIpc) is 2.92. The summed E-state index contributed by atoms with van der Waals surface area (Å²) in [5, 5.41) is 20.7. The van der Waals surface area contributed by atoms with Crippen molar-refractivity contribution in [3.05, 3.63) is 11.6 Å². The van der Waals surface area contributed by atoms with E-state index in [1.807, 2.05) is 6.08 Å². The molecule has 3 fully saturated rings. The minimum Gasteiger partial charge on any atom is -0.393 e. The van der Waals surface area contributed by atoms with E-state index >= 15 is 0 Å². The van der Waals surface area contributed by atoms with Gasteiger partial charge in [0.05, 0.1) is 6.10 Å². The Balaban J connectivity index is 1.74. The second-order valence-corrected chi connectivity index (χ2v) is 9.95. The molecule has 0 aromatic heterocycles. The van der Waals surface area contributed by atoms with Gasteiger partial charge >= 0.3 is 0 Å². The molecule has 4 heteroatoms. The molecular formula is C22H32O4. The summed E-state index contributed by atoms with van der Waals surface area (Å²) < 4.78 is 0. The third kappa shape index (κ3) is 2.34. The van der Waals surface area contributed by atoms with Gasteiger partial charge < -0.3 is 10.2 Å². The lowest BCUT2D eigenvalue weighted by molar-refractivity contribution is -0.149. The summed E-state index contributed by atoms with van der Waals surface area (Å²) in [4.78, 5) is 24.4. The van der Waals surface area contributed by atoms with Gasteiger partial charge in [0.2, 0.25) is 0 Å². The van der Waals surface area contributed by atoms with Crippen LogP contribution in [0.4, 0.5) is 0 Å². The quantitative estimate of drug-likeness (QED) is 0.794. The minimum absolute atomic E-state index is 0.0560. The Kier molecular flexibility index (Phi) is 4.24. The van der Waals surface area contributed by atoms with Crippen LogP contribution in [0.5, 0.6) is 0 Å². The van der Waals surface area contributed by atoms with Crippen LogP contribution in [0.1, 0.15) is 59.3 Å². The summed E-state index contributed by atoms with van der Waals surface area (Å²) in [6, 6.07) is 0. The van der Waals surface area contributed by atoms with Gasteiger partial charge in [0.1, 0.15) is 6.61 Å². The first-order valence-electron chi connectivity index (χ1n) is 10.3. The van der Waals surface area contributed by atoms with E-state index in [1.54, 1.807) is 0 Å². The maximum Gasteiger partial charge on any atom is 0.161 e. The van der Waals surface area contributed by atoms with Gasteiger partial charge in [-0.15, -0.1) is 0 Å². The third-order valence-corrected chi connectivity index (χ3v) is 8.75. The molecular weight excluding hydrogens is 328 g/mol. The predicted octanol–water partition coefficient (Wildman–Crippen LogP) is 2.91. The van der Waals surface area contributed by atoms with Gasteiger partial charge in [0.25, 0.3) is 0 Å². The van der Waals surface area contributed by atoms with Crippen molar-refractivity contribution in [2.24, 2.45) is 40.4 Å². The van der Waals surface area contributed by atoms with Crippen LogP contribution in [0.2, 0.25) is 0 Å². The highest BCUT2D eigenvalue weighted by Gasteiger charge is 2.63. The average molecular weight is 360 g/mol. The fourth-order valence-corrected chi connectivity index (χ4v) is 7.76. The van der Waals surface area contributed by atoms with Crippen LogP contribution in [0, 0.1) is 40.4 Å². The zero-order valence-electron chi connectivity index (χ0n) is 16.2. The molecule has 26 heavy (non-hydrogen) atoms. The molecule has 0 bridgehead atoms. The normalized spacial score (nSPS) is 50.5. The van der Waals surface area contributed by atoms with Gasteiger partial charge in [-0.3, -0.25) is 9.59 Å². The zero-order valence-corrected chi connectivity index (χ0v) is 16.2. The zero-order chi connectivity index (χ0) is 18.9. The van der Waals surface area contributed by atoms with E-state index in [0.29, 0.717) is 30.6 Å². The van der Waals surface area contributed by atoms with Crippen LogP contribution >= 0.6 is 0 Å².